The third kappa shape index (κ3) is 6.55. The zero-order valence-corrected chi connectivity index (χ0v) is 18.3. The first-order valence-corrected chi connectivity index (χ1v) is 10.3. The highest BCUT2D eigenvalue weighted by molar-refractivity contribution is 9.08. The van der Waals surface area contributed by atoms with Gasteiger partial charge in [0.1, 0.15) is 6.04 Å². The average molecular weight is 523 g/mol. The van der Waals surface area contributed by atoms with Gasteiger partial charge < -0.3 is 14.6 Å². The van der Waals surface area contributed by atoms with Crippen LogP contribution in [0.15, 0.2) is 36.5 Å². The summed E-state index contributed by atoms with van der Waals surface area (Å²) >= 11 is 3.06. The third-order valence-electron chi connectivity index (χ3n) is 4.40. The maximum atomic E-state index is 13.3. The summed E-state index contributed by atoms with van der Waals surface area (Å²) in [5.41, 5.74) is -0.393. The molecule has 7 nitrogen and oxygen atoms in total. The lowest BCUT2D eigenvalue weighted by atomic mass is 10.2. The van der Waals surface area contributed by atoms with Crippen LogP contribution in [-0.4, -0.2) is 46.7 Å². The number of pyridine rings is 1. The number of rotatable bonds is 4. The second kappa shape index (κ2) is 11.1. The molecular formula is C20H19BrF4N2O5. The van der Waals surface area contributed by atoms with Crippen LogP contribution in [0.25, 0.3) is 0 Å². The number of ether oxygens (including phenoxy) is 2. The van der Waals surface area contributed by atoms with Gasteiger partial charge in [0, 0.05) is 23.6 Å². The number of carbonyl (C=O) groups is 2. The van der Waals surface area contributed by atoms with Crippen LogP contribution in [0.5, 0.6) is 11.6 Å². The smallest absolute Gasteiger partial charge is 0.417 e. The van der Waals surface area contributed by atoms with Crippen LogP contribution in [0.1, 0.15) is 24.0 Å². The number of para-hydroxylation sites is 1. The Kier molecular flexibility index (Phi) is 8.81. The molecule has 2 aromatic rings. The standard InChI is InChI=1S/C12H12FNO4.C8H7BrF3NO/c13-8-4-1-2-6-10(8)18-12(17)14-7-3-5-9(14)11(15)16;1-14-7-5(3-9)2-6(4-13-7)8(10,11)12/h1-2,4,6,9H,3,5,7H2,(H,15,16);2,4H,3H2,1H3. The first kappa shape index (κ1) is 25.4. The number of amides is 1. The highest BCUT2D eigenvalue weighted by Crippen LogP contribution is 2.31. The van der Waals surface area contributed by atoms with Gasteiger partial charge in [0.2, 0.25) is 5.88 Å². The summed E-state index contributed by atoms with van der Waals surface area (Å²) in [4.78, 5) is 27.3. The van der Waals surface area contributed by atoms with Gasteiger partial charge in [-0.3, -0.25) is 4.90 Å². The van der Waals surface area contributed by atoms with E-state index in [0.717, 1.165) is 17.2 Å². The minimum absolute atomic E-state index is 0.196. The molecule has 1 N–H and O–H groups in total. The van der Waals surface area contributed by atoms with Crippen molar-refractivity contribution in [1.82, 2.24) is 9.88 Å². The number of aromatic nitrogens is 1. The second-order valence-corrected chi connectivity index (χ2v) is 7.07. The first-order valence-electron chi connectivity index (χ1n) is 9.20. The third-order valence-corrected chi connectivity index (χ3v) is 5.00. The van der Waals surface area contributed by atoms with E-state index in [2.05, 4.69) is 20.9 Å². The van der Waals surface area contributed by atoms with Crippen molar-refractivity contribution in [1.29, 1.82) is 0 Å². The number of alkyl halides is 4. The molecule has 1 fully saturated rings. The largest absolute Gasteiger partial charge is 0.481 e. The van der Waals surface area contributed by atoms with Crippen molar-refractivity contribution in [2.45, 2.75) is 30.4 Å². The molecule has 12 heteroatoms. The van der Waals surface area contributed by atoms with Gasteiger partial charge >= 0.3 is 18.2 Å². The van der Waals surface area contributed by atoms with Gasteiger partial charge in [0.15, 0.2) is 11.6 Å². The molecule has 1 aliphatic heterocycles. The van der Waals surface area contributed by atoms with Crippen LogP contribution in [0.4, 0.5) is 22.4 Å². The maximum absolute atomic E-state index is 13.3. The molecule has 174 valence electrons. The van der Waals surface area contributed by atoms with Gasteiger partial charge in [-0.1, -0.05) is 28.1 Å². The molecule has 1 aromatic heterocycles. The number of carboxylic acids is 1. The van der Waals surface area contributed by atoms with E-state index in [4.69, 9.17) is 14.6 Å². The molecular weight excluding hydrogens is 504 g/mol. The molecule has 0 saturated carbocycles. The predicted octanol–water partition coefficient (Wildman–Crippen LogP) is 4.88. The van der Waals surface area contributed by atoms with Gasteiger partial charge in [0.05, 0.1) is 12.7 Å². The minimum atomic E-state index is -4.36. The van der Waals surface area contributed by atoms with Gasteiger partial charge in [-0.15, -0.1) is 0 Å². The fraction of sp³-hybridized carbons (Fsp3) is 0.350. The zero-order chi connectivity index (χ0) is 23.9. The molecule has 1 unspecified atom stereocenters. The Morgan fingerprint density at radius 1 is 1.31 bits per heavy atom. The summed E-state index contributed by atoms with van der Waals surface area (Å²) < 4.78 is 59.7. The molecule has 1 atom stereocenters. The summed E-state index contributed by atoms with van der Waals surface area (Å²) in [7, 11) is 1.36. The lowest BCUT2D eigenvalue weighted by Crippen LogP contribution is -2.42. The number of carbonyl (C=O) groups excluding carboxylic acids is 1. The Morgan fingerprint density at radius 3 is 2.56 bits per heavy atom. The van der Waals surface area contributed by atoms with Crippen molar-refractivity contribution >= 4 is 28.0 Å². The van der Waals surface area contributed by atoms with E-state index < -0.39 is 35.7 Å². The molecule has 1 aromatic carbocycles. The Bertz CT molecular complexity index is 958. The van der Waals surface area contributed by atoms with E-state index in [1.54, 1.807) is 0 Å². The summed E-state index contributed by atoms with van der Waals surface area (Å²) in [6.45, 7) is 0.310. The highest BCUT2D eigenvalue weighted by atomic mass is 79.9. The van der Waals surface area contributed by atoms with Crippen LogP contribution >= 0.6 is 15.9 Å². The molecule has 1 saturated heterocycles. The number of hydrogen-bond donors (Lipinski definition) is 1. The Morgan fingerprint density at radius 2 is 2.00 bits per heavy atom. The first-order chi connectivity index (χ1) is 15.1. The number of halogens is 5. The molecule has 32 heavy (non-hydrogen) atoms. The fourth-order valence-electron chi connectivity index (χ4n) is 2.85. The summed E-state index contributed by atoms with van der Waals surface area (Å²) in [6, 6.07) is 5.62. The van der Waals surface area contributed by atoms with E-state index in [1.807, 2.05) is 0 Å². The summed E-state index contributed by atoms with van der Waals surface area (Å²) in [5.74, 6) is -1.72. The van der Waals surface area contributed by atoms with E-state index in [9.17, 15) is 27.2 Å². The average Bonchev–Trinajstić information content (AvgIpc) is 3.25. The van der Waals surface area contributed by atoms with E-state index in [1.165, 1.54) is 31.4 Å². The number of nitrogens with zero attached hydrogens (tertiary/aromatic N) is 2. The lowest BCUT2D eigenvalue weighted by molar-refractivity contribution is -0.141. The van der Waals surface area contributed by atoms with E-state index in [0.29, 0.717) is 24.9 Å². The van der Waals surface area contributed by atoms with Crippen LogP contribution < -0.4 is 9.47 Å². The number of likely N-dealkylation sites (tertiary alicyclic amines) is 1. The molecule has 1 amide bonds. The molecule has 0 aliphatic carbocycles. The van der Waals surface area contributed by atoms with Crippen molar-refractivity contribution in [2.24, 2.45) is 0 Å². The van der Waals surface area contributed by atoms with Crippen molar-refractivity contribution < 1.29 is 41.7 Å². The van der Waals surface area contributed by atoms with Crippen LogP contribution in [0.3, 0.4) is 0 Å². The molecule has 2 heterocycles. The monoisotopic (exact) mass is 522 g/mol. The quantitative estimate of drug-likeness (QED) is 0.454. The number of carboxylic acid groups (broad SMARTS) is 1. The number of benzene rings is 1. The van der Waals surface area contributed by atoms with Crippen LogP contribution in [0.2, 0.25) is 0 Å². The molecule has 0 spiro atoms. The van der Waals surface area contributed by atoms with Crippen molar-refractivity contribution in [3.63, 3.8) is 0 Å². The topological polar surface area (TPSA) is 89.0 Å². The lowest BCUT2D eigenvalue weighted by Gasteiger charge is -2.20. The van der Waals surface area contributed by atoms with Crippen molar-refractivity contribution in [3.8, 4) is 11.6 Å². The van der Waals surface area contributed by atoms with E-state index in [-0.39, 0.29) is 17.0 Å². The normalized spacial score (nSPS) is 15.6. The maximum Gasteiger partial charge on any atom is 0.417 e. The SMILES string of the molecule is COc1ncc(C(F)(F)F)cc1CBr.O=C(O)C1CCCN1C(=O)Oc1ccccc1F. The molecule has 3 rings (SSSR count). The summed E-state index contributed by atoms with van der Waals surface area (Å²) in [5, 5.41) is 9.20. The fourth-order valence-corrected chi connectivity index (χ4v) is 3.26. The number of hydrogen-bond acceptors (Lipinski definition) is 5. The highest BCUT2D eigenvalue weighted by Gasteiger charge is 2.35. The van der Waals surface area contributed by atoms with E-state index >= 15 is 0 Å². The van der Waals surface area contributed by atoms with Crippen LogP contribution in [0, 0.1) is 5.82 Å². The molecule has 0 radical (unpaired) electrons. The van der Waals surface area contributed by atoms with Gasteiger partial charge in [-0.05, 0) is 31.0 Å². The second-order valence-electron chi connectivity index (χ2n) is 6.51. The Labute approximate surface area is 189 Å². The minimum Gasteiger partial charge on any atom is -0.481 e. The Balaban J connectivity index is 0.000000235. The predicted molar refractivity (Wildman–Crippen MR) is 108 cm³/mol. The van der Waals surface area contributed by atoms with Gasteiger partial charge in [0.25, 0.3) is 0 Å². The van der Waals surface area contributed by atoms with Gasteiger partial charge in [-0.2, -0.15) is 13.2 Å². The molecule has 0 bridgehead atoms. The number of methoxy groups -OCH3 is 1. The summed E-state index contributed by atoms with van der Waals surface area (Å²) in [6.07, 6.45) is -3.45. The van der Waals surface area contributed by atoms with Crippen LogP contribution in [-0.2, 0) is 16.3 Å². The Hall–Kier alpha value is -2.89. The van der Waals surface area contributed by atoms with Crippen molar-refractivity contribution in [2.75, 3.05) is 13.7 Å². The van der Waals surface area contributed by atoms with Gasteiger partial charge in [-0.25, -0.2) is 19.0 Å². The van der Waals surface area contributed by atoms with Crippen molar-refractivity contribution in [3.05, 3.63) is 53.5 Å². The molecule has 1 aliphatic rings. The number of aliphatic carboxylic acids is 1. The zero-order valence-electron chi connectivity index (χ0n) is 16.7.